The molecule has 0 spiro atoms. The third-order valence-corrected chi connectivity index (χ3v) is 3.46. The number of para-hydroxylation sites is 1. The molecule has 5 nitrogen and oxygen atoms in total. The Kier molecular flexibility index (Phi) is 4.01. The molecule has 3 aromatic rings. The standard InChI is InChI=1S/C18H14N2O3/c1-23-18(22)12-6-8-13(9-7-12)20-17(21)15-10-11-19-16-5-3-2-4-14(15)16/h2-11H,1H3,(H,20,21). The predicted octanol–water partition coefficient (Wildman–Crippen LogP) is 3.27. The molecule has 0 unspecified atom stereocenters. The molecule has 5 heteroatoms. The van der Waals surface area contributed by atoms with Crippen molar-refractivity contribution in [2.24, 2.45) is 0 Å². The molecule has 0 bridgehead atoms. The van der Waals surface area contributed by atoms with E-state index in [-0.39, 0.29) is 5.91 Å². The van der Waals surface area contributed by atoms with Crippen LogP contribution in [0.2, 0.25) is 0 Å². The van der Waals surface area contributed by atoms with Gasteiger partial charge in [0.15, 0.2) is 0 Å². The lowest BCUT2D eigenvalue weighted by atomic mass is 10.1. The van der Waals surface area contributed by atoms with E-state index in [1.54, 1.807) is 36.5 Å². The van der Waals surface area contributed by atoms with Crippen molar-refractivity contribution in [3.63, 3.8) is 0 Å². The summed E-state index contributed by atoms with van der Waals surface area (Å²) >= 11 is 0. The Hall–Kier alpha value is -3.21. The van der Waals surface area contributed by atoms with Gasteiger partial charge in [-0.2, -0.15) is 0 Å². The number of methoxy groups -OCH3 is 1. The van der Waals surface area contributed by atoms with Crippen LogP contribution in [0.3, 0.4) is 0 Å². The highest BCUT2D eigenvalue weighted by Crippen LogP contribution is 2.18. The van der Waals surface area contributed by atoms with Crippen LogP contribution < -0.4 is 5.32 Å². The normalized spacial score (nSPS) is 10.3. The number of hydrogen-bond donors (Lipinski definition) is 1. The van der Waals surface area contributed by atoms with E-state index in [4.69, 9.17) is 0 Å². The molecular formula is C18H14N2O3. The molecule has 0 fully saturated rings. The maximum absolute atomic E-state index is 12.5. The second-order valence-corrected chi connectivity index (χ2v) is 4.90. The number of hydrogen-bond acceptors (Lipinski definition) is 4. The summed E-state index contributed by atoms with van der Waals surface area (Å²) in [6, 6.07) is 15.7. The first kappa shape index (κ1) is 14.7. The Morgan fingerprint density at radius 1 is 1.00 bits per heavy atom. The molecule has 0 atom stereocenters. The number of aromatic nitrogens is 1. The lowest BCUT2D eigenvalue weighted by molar-refractivity contribution is 0.0600. The van der Waals surface area contributed by atoms with Crippen LogP contribution in [-0.2, 0) is 4.74 Å². The maximum Gasteiger partial charge on any atom is 0.337 e. The zero-order chi connectivity index (χ0) is 16.2. The molecule has 0 radical (unpaired) electrons. The summed E-state index contributed by atoms with van der Waals surface area (Å²) in [6.45, 7) is 0. The number of rotatable bonds is 3. The second kappa shape index (κ2) is 6.27. The highest BCUT2D eigenvalue weighted by atomic mass is 16.5. The van der Waals surface area contributed by atoms with Gasteiger partial charge in [-0.25, -0.2) is 4.79 Å². The van der Waals surface area contributed by atoms with Crippen molar-refractivity contribution in [3.05, 3.63) is 71.9 Å². The summed E-state index contributed by atoms with van der Waals surface area (Å²) in [5, 5.41) is 3.61. The van der Waals surface area contributed by atoms with Gasteiger partial charge in [-0.1, -0.05) is 18.2 Å². The monoisotopic (exact) mass is 306 g/mol. The zero-order valence-corrected chi connectivity index (χ0v) is 12.4. The zero-order valence-electron chi connectivity index (χ0n) is 12.4. The molecular weight excluding hydrogens is 292 g/mol. The van der Waals surface area contributed by atoms with Gasteiger partial charge >= 0.3 is 5.97 Å². The van der Waals surface area contributed by atoms with E-state index in [0.29, 0.717) is 16.8 Å². The molecule has 0 aliphatic heterocycles. The minimum atomic E-state index is -0.414. The van der Waals surface area contributed by atoms with Gasteiger partial charge in [0.05, 0.1) is 23.8 Å². The first-order valence-corrected chi connectivity index (χ1v) is 7.02. The summed E-state index contributed by atoms with van der Waals surface area (Å²) in [4.78, 5) is 28.1. The van der Waals surface area contributed by atoms with E-state index < -0.39 is 5.97 Å². The predicted molar refractivity (Wildman–Crippen MR) is 87.5 cm³/mol. The van der Waals surface area contributed by atoms with Gasteiger partial charge in [-0.3, -0.25) is 9.78 Å². The molecule has 0 saturated carbocycles. The Bertz CT molecular complexity index is 868. The maximum atomic E-state index is 12.5. The average molecular weight is 306 g/mol. The Labute approximate surface area is 132 Å². The van der Waals surface area contributed by atoms with Crippen LogP contribution in [-0.4, -0.2) is 24.0 Å². The SMILES string of the molecule is COC(=O)c1ccc(NC(=O)c2ccnc3ccccc23)cc1. The molecule has 114 valence electrons. The molecule has 0 aliphatic carbocycles. The number of carbonyl (C=O) groups excluding carboxylic acids is 2. The first-order chi connectivity index (χ1) is 11.2. The van der Waals surface area contributed by atoms with Gasteiger partial charge in [0.1, 0.15) is 0 Å². The van der Waals surface area contributed by atoms with Gasteiger partial charge in [-0.15, -0.1) is 0 Å². The molecule has 2 aromatic carbocycles. The Morgan fingerprint density at radius 3 is 2.48 bits per heavy atom. The smallest absolute Gasteiger partial charge is 0.337 e. The highest BCUT2D eigenvalue weighted by Gasteiger charge is 2.11. The number of amides is 1. The topological polar surface area (TPSA) is 68.3 Å². The lowest BCUT2D eigenvalue weighted by Gasteiger charge is -2.08. The van der Waals surface area contributed by atoms with Gasteiger partial charge in [0.2, 0.25) is 0 Å². The van der Waals surface area contributed by atoms with Crippen LogP contribution in [0.5, 0.6) is 0 Å². The van der Waals surface area contributed by atoms with Crippen LogP contribution in [0, 0.1) is 0 Å². The fraction of sp³-hybridized carbons (Fsp3) is 0.0556. The van der Waals surface area contributed by atoms with Crippen LogP contribution in [0.4, 0.5) is 5.69 Å². The van der Waals surface area contributed by atoms with Crippen molar-refractivity contribution in [3.8, 4) is 0 Å². The molecule has 0 saturated heterocycles. The largest absolute Gasteiger partial charge is 0.465 e. The third kappa shape index (κ3) is 3.03. The van der Waals surface area contributed by atoms with E-state index in [2.05, 4.69) is 15.0 Å². The van der Waals surface area contributed by atoms with Gasteiger partial charge < -0.3 is 10.1 Å². The molecule has 3 rings (SSSR count). The van der Waals surface area contributed by atoms with E-state index in [1.165, 1.54) is 7.11 Å². The van der Waals surface area contributed by atoms with E-state index in [9.17, 15) is 9.59 Å². The summed E-state index contributed by atoms with van der Waals surface area (Å²) in [5.41, 5.74) is 2.34. The van der Waals surface area contributed by atoms with Crippen molar-refractivity contribution in [2.45, 2.75) is 0 Å². The van der Waals surface area contributed by atoms with Gasteiger partial charge in [-0.05, 0) is 36.4 Å². The van der Waals surface area contributed by atoms with Crippen molar-refractivity contribution in [2.75, 3.05) is 12.4 Å². The number of esters is 1. The summed E-state index contributed by atoms with van der Waals surface area (Å²) < 4.78 is 4.64. The Balaban J connectivity index is 1.85. The number of fused-ring (bicyclic) bond motifs is 1. The number of nitrogens with one attached hydrogen (secondary N) is 1. The quantitative estimate of drug-likeness (QED) is 0.754. The number of pyridine rings is 1. The van der Waals surface area contributed by atoms with Crippen LogP contribution in [0.15, 0.2) is 60.8 Å². The second-order valence-electron chi connectivity index (χ2n) is 4.90. The van der Waals surface area contributed by atoms with Gasteiger partial charge in [0, 0.05) is 17.3 Å². The number of carbonyl (C=O) groups is 2. The summed E-state index contributed by atoms with van der Waals surface area (Å²) in [5.74, 6) is -0.641. The summed E-state index contributed by atoms with van der Waals surface area (Å²) in [7, 11) is 1.33. The number of anilines is 1. The molecule has 1 heterocycles. The number of nitrogens with zero attached hydrogens (tertiary/aromatic N) is 1. The fourth-order valence-electron chi connectivity index (χ4n) is 2.30. The summed E-state index contributed by atoms with van der Waals surface area (Å²) in [6.07, 6.45) is 1.61. The minimum Gasteiger partial charge on any atom is -0.465 e. The lowest BCUT2D eigenvalue weighted by Crippen LogP contribution is -2.12. The minimum absolute atomic E-state index is 0.227. The molecule has 1 N–H and O–H groups in total. The van der Waals surface area contributed by atoms with Crippen LogP contribution >= 0.6 is 0 Å². The van der Waals surface area contributed by atoms with E-state index in [1.807, 2.05) is 24.3 Å². The first-order valence-electron chi connectivity index (χ1n) is 7.02. The molecule has 0 aliphatic rings. The number of ether oxygens (including phenoxy) is 1. The third-order valence-electron chi connectivity index (χ3n) is 3.46. The van der Waals surface area contributed by atoms with E-state index in [0.717, 1.165) is 10.9 Å². The van der Waals surface area contributed by atoms with Crippen LogP contribution in [0.1, 0.15) is 20.7 Å². The molecule has 1 amide bonds. The van der Waals surface area contributed by atoms with Crippen molar-refractivity contribution < 1.29 is 14.3 Å². The highest BCUT2D eigenvalue weighted by molar-refractivity contribution is 6.12. The van der Waals surface area contributed by atoms with Crippen molar-refractivity contribution >= 4 is 28.5 Å². The van der Waals surface area contributed by atoms with Crippen molar-refractivity contribution in [1.82, 2.24) is 4.98 Å². The van der Waals surface area contributed by atoms with Crippen molar-refractivity contribution in [1.29, 1.82) is 0 Å². The van der Waals surface area contributed by atoms with Crippen LogP contribution in [0.25, 0.3) is 10.9 Å². The average Bonchev–Trinajstić information content (AvgIpc) is 2.61. The Morgan fingerprint density at radius 2 is 1.74 bits per heavy atom. The molecule has 23 heavy (non-hydrogen) atoms. The molecule has 1 aromatic heterocycles. The number of benzene rings is 2. The van der Waals surface area contributed by atoms with Gasteiger partial charge in [0.25, 0.3) is 5.91 Å². The van der Waals surface area contributed by atoms with E-state index >= 15 is 0 Å². The fourth-order valence-corrected chi connectivity index (χ4v) is 2.30.